The van der Waals surface area contributed by atoms with Crippen molar-refractivity contribution in [2.45, 2.75) is 46.8 Å². The Hall–Kier alpha value is -2.24. The van der Waals surface area contributed by atoms with Gasteiger partial charge in [0.25, 0.3) is 0 Å². The van der Waals surface area contributed by atoms with Crippen molar-refractivity contribution in [1.82, 2.24) is 10.1 Å². The van der Waals surface area contributed by atoms with Crippen molar-refractivity contribution in [3.05, 3.63) is 29.2 Å². The van der Waals surface area contributed by atoms with Gasteiger partial charge in [-0.3, -0.25) is 0 Å². The second kappa shape index (κ2) is 5.63. The third kappa shape index (κ3) is 3.87. The minimum atomic E-state index is -0.346. The molecule has 6 nitrogen and oxygen atoms in total. The second-order valence-corrected chi connectivity index (χ2v) is 5.96. The number of nitrogens with zero attached hydrogens (tertiary/aromatic N) is 2. The van der Waals surface area contributed by atoms with Gasteiger partial charge in [0.2, 0.25) is 5.88 Å². The molecule has 3 N–H and O–H groups in total. The number of aromatic nitrogens is 2. The molecule has 114 valence electrons. The number of nitrogens with two attached hydrogens (primary N) is 1. The van der Waals surface area contributed by atoms with E-state index in [1.165, 1.54) is 0 Å². The first kappa shape index (κ1) is 15.2. The van der Waals surface area contributed by atoms with E-state index >= 15 is 0 Å². The highest BCUT2D eigenvalue weighted by Gasteiger charge is 2.16. The molecule has 2 aromatic heterocycles. The largest absolute Gasteiger partial charge is 0.470 e. The lowest BCUT2D eigenvalue weighted by molar-refractivity contribution is 0.125. The molecular weight excluding hydrogens is 268 g/mol. The Morgan fingerprint density at radius 3 is 2.57 bits per heavy atom. The zero-order valence-corrected chi connectivity index (χ0v) is 13.2. The van der Waals surface area contributed by atoms with Crippen LogP contribution in [-0.4, -0.2) is 15.7 Å². The maximum absolute atomic E-state index is 5.90. The Bertz CT molecular complexity index is 610. The summed E-state index contributed by atoms with van der Waals surface area (Å²) in [5.41, 5.74) is 7.98. The molecule has 2 heterocycles. The number of ether oxygens (including phenoxy) is 1. The zero-order chi connectivity index (χ0) is 15.6. The molecule has 2 aromatic rings. The van der Waals surface area contributed by atoms with E-state index in [-0.39, 0.29) is 5.60 Å². The van der Waals surface area contributed by atoms with Crippen LogP contribution in [0, 0.1) is 13.8 Å². The SMILES string of the molecule is Cc1noc(C)c1CNc1ccc(N)c(OC(C)(C)C)n1. The monoisotopic (exact) mass is 290 g/mol. The third-order valence-electron chi connectivity index (χ3n) is 2.92. The molecule has 0 amide bonds. The molecule has 0 radical (unpaired) electrons. The molecule has 0 aliphatic carbocycles. The minimum absolute atomic E-state index is 0.346. The van der Waals surface area contributed by atoms with E-state index in [1.807, 2.05) is 40.7 Å². The first-order valence-electron chi connectivity index (χ1n) is 6.87. The Morgan fingerprint density at radius 1 is 1.29 bits per heavy atom. The van der Waals surface area contributed by atoms with Crippen LogP contribution in [0.25, 0.3) is 0 Å². The van der Waals surface area contributed by atoms with Gasteiger partial charge in [-0.1, -0.05) is 5.16 Å². The number of hydrogen-bond acceptors (Lipinski definition) is 6. The van der Waals surface area contributed by atoms with E-state index in [0.717, 1.165) is 17.0 Å². The van der Waals surface area contributed by atoms with Crippen LogP contribution in [0.5, 0.6) is 5.88 Å². The Labute approximate surface area is 124 Å². The Morgan fingerprint density at radius 2 is 2.00 bits per heavy atom. The highest BCUT2D eigenvalue weighted by atomic mass is 16.5. The van der Waals surface area contributed by atoms with Gasteiger partial charge >= 0.3 is 0 Å². The van der Waals surface area contributed by atoms with E-state index in [2.05, 4.69) is 15.5 Å². The first-order chi connectivity index (χ1) is 9.76. The molecule has 0 aliphatic rings. The summed E-state index contributed by atoms with van der Waals surface area (Å²) in [5, 5.41) is 7.16. The Balaban J connectivity index is 2.12. The maximum Gasteiger partial charge on any atom is 0.239 e. The normalized spacial score (nSPS) is 11.5. The summed E-state index contributed by atoms with van der Waals surface area (Å²) in [5.74, 6) is 1.94. The van der Waals surface area contributed by atoms with E-state index in [0.29, 0.717) is 23.9 Å². The summed E-state index contributed by atoms with van der Waals surface area (Å²) in [7, 11) is 0. The van der Waals surface area contributed by atoms with Crippen molar-refractivity contribution in [3.63, 3.8) is 0 Å². The summed E-state index contributed by atoms with van der Waals surface area (Å²) in [6, 6.07) is 3.60. The fraction of sp³-hybridized carbons (Fsp3) is 0.467. The highest BCUT2D eigenvalue weighted by Crippen LogP contribution is 2.25. The van der Waals surface area contributed by atoms with Crippen molar-refractivity contribution in [2.24, 2.45) is 0 Å². The fourth-order valence-electron chi connectivity index (χ4n) is 1.85. The molecule has 6 heteroatoms. The number of nitrogens with one attached hydrogen (secondary N) is 1. The predicted molar refractivity (Wildman–Crippen MR) is 82.3 cm³/mol. The molecule has 0 fully saturated rings. The van der Waals surface area contributed by atoms with Gasteiger partial charge in [-0.2, -0.15) is 4.98 Å². The van der Waals surface area contributed by atoms with Crippen LogP contribution >= 0.6 is 0 Å². The van der Waals surface area contributed by atoms with Gasteiger partial charge in [0.1, 0.15) is 17.2 Å². The van der Waals surface area contributed by atoms with E-state index in [9.17, 15) is 0 Å². The fourth-order valence-corrected chi connectivity index (χ4v) is 1.85. The maximum atomic E-state index is 5.90. The average Bonchev–Trinajstić information content (AvgIpc) is 2.69. The molecule has 0 spiro atoms. The van der Waals surface area contributed by atoms with E-state index in [4.69, 9.17) is 15.0 Å². The molecular formula is C15H22N4O2. The molecule has 0 saturated carbocycles. The summed E-state index contributed by atoms with van der Waals surface area (Å²) in [4.78, 5) is 4.41. The molecule has 0 saturated heterocycles. The van der Waals surface area contributed by atoms with Gasteiger partial charge in [-0.15, -0.1) is 0 Å². The van der Waals surface area contributed by atoms with Gasteiger partial charge < -0.3 is 20.3 Å². The Kier molecular flexibility index (Phi) is 4.06. The number of rotatable bonds is 4. The van der Waals surface area contributed by atoms with Crippen LogP contribution in [0.4, 0.5) is 11.5 Å². The highest BCUT2D eigenvalue weighted by molar-refractivity contribution is 5.54. The van der Waals surface area contributed by atoms with Crippen LogP contribution in [0.2, 0.25) is 0 Å². The average molecular weight is 290 g/mol. The minimum Gasteiger partial charge on any atom is -0.470 e. The van der Waals surface area contributed by atoms with Gasteiger partial charge in [0, 0.05) is 12.1 Å². The molecule has 21 heavy (non-hydrogen) atoms. The number of anilines is 2. The standard InChI is InChI=1S/C15H22N4O2/c1-9-11(10(2)21-19-9)8-17-13-7-6-12(16)14(18-13)20-15(3,4)5/h6-7H,8,16H2,1-5H3,(H,17,18). The van der Waals surface area contributed by atoms with E-state index in [1.54, 1.807) is 6.07 Å². The third-order valence-corrected chi connectivity index (χ3v) is 2.92. The lowest BCUT2D eigenvalue weighted by atomic mass is 10.2. The topological polar surface area (TPSA) is 86.2 Å². The first-order valence-corrected chi connectivity index (χ1v) is 6.87. The zero-order valence-electron chi connectivity index (χ0n) is 13.2. The van der Waals surface area contributed by atoms with Crippen LogP contribution in [0.3, 0.4) is 0 Å². The van der Waals surface area contributed by atoms with E-state index < -0.39 is 0 Å². The number of aryl methyl sites for hydroxylation is 2. The summed E-state index contributed by atoms with van der Waals surface area (Å²) >= 11 is 0. The van der Waals surface area contributed by atoms with Crippen LogP contribution < -0.4 is 15.8 Å². The summed E-state index contributed by atoms with van der Waals surface area (Å²) < 4.78 is 10.9. The molecule has 0 aliphatic heterocycles. The summed E-state index contributed by atoms with van der Waals surface area (Å²) in [6.45, 7) is 10.3. The molecule has 0 bridgehead atoms. The number of hydrogen-bond donors (Lipinski definition) is 2. The van der Waals surface area contributed by atoms with Crippen LogP contribution in [0.1, 0.15) is 37.8 Å². The molecule has 0 unspecified atom stereocenters. The smallest absolute Gasteiger partial charge is 0.239 e. The van der Waals surface area contributed by atoms with Gasteiger partial charge in [0.15, 0.2) is 0 Å². The van der Waals surface area contributed by atoms with Crippen molar-refractivity contribution in [3.8, 4) is 5.88 Å². The second-order valence-electron chi connectivity index (χ2n) is 5.96. The molecule has 0 aromatic carbocycles. The lowest BCUT2D eigenvalue weighted by Gasteiger charge is -2.21. The summed E-state index contributed by atoms with van der Waals surface area (Å²) in [6.07, 6.45) is 0. The van der Waals surface area contributed by atoms with Gasteiger partial charge in [0.05, 0.1) is 11.4 Å². The molecule has 2 rings (SSSR count). The lowest BCUT2D eigenvalue weighted by Crippen LogP contribution is -2.24. The van der Waals surface area contributed by atoms with Crippen molar-refractivity contribution >= 4 is 11.5 Å². The quantitative estimate of drug-likeness (QED) is 0.900. The van der Waals surface area contributed by atoms with Gasteiger partial charge in [-0.25, -0.2) is 0 Å². The van der Waals surface area contributed by atoms with Crippen LogP contribution in [-0.2, 0) is 6.54 Å². The number of nitrogen functional groups attached to an aromatic ring is 1. The van der Waals surface area contributed by atoms with Crippen molar-refractivity contribution in [1.29, 1.82) is 0 Å². The predicted octanol–water partition coefficient (Wildman–Crippen LogP) is 3.06. The van der Waals surface area contributed by atoms with Crippen molar-refractivity contribution < 1.29 is 9.26 Å². The number of pyridine rings is 1. The van der Waals surface area contributed by atoms with Crippen LogP contribution in [0.15, 0.2) is 16.7 Å². The molecule has 0 atom stereocenters. The van der Waals surface area contributed by atoms with Gasteiger partial charge in [-0.05, 0) is 46.8 Å². The van der Waals surface area contributed by atoms with Crippen molar-refractivity contribution in [2.75, 3.05) is 11.1 Å².